The fraction of sp³-hybridized carbons (Fsp3) is 0.241. The van der Waals surface area contributed by atoms with Crippen molar-refractivity contribution in [2.75, 3.05) is 10.9 Å². The molecule has 0 N–H and O–H groups in total. The summed E-state index contributed by atoms with van der Waals surface area (Å²) in [6.07, 6.45) is 4.84. The van der Waals surface area contributed by atoms with Crippen LogP contribution in [0.4, 0.5) is 11.4 Å². The molecule has 182 valence electrons. The van der Waals surface area contributed by atoms with Crippen LogP contribution < -0.4 is 4.31 Å². The number of hydrogen-bond donors (Lipinski definition) is 0. The van der Waals surface area contributed by atoms with Gasteiger partial charge in [0.25, 0.3) is 15.9 Å². The summed E-state index contributed by atoms with van der Waals surface area (Å²) in [5.74, 6) is -0.00832. The van der Waals surface area contributed by atoms with Gasteiger partial charge < -0.3 is 4.74 Å². The van der Waals surface area contributed by atoms with E-state index < -0.39 is 26.8 Å². The van der Waals surface area contributed by atoms with Crippen molar-refractivity contribution < 1.29 is 17.9 Å². The molecular weight excluding hydrogens is 472 g/mol. The van der Waals surface area contributed by atoms with E-state index in [9.17, 15) is 13.2 Å². The lowest BCUT2D eigenvalue weighted by Crippen LogP contribution is -2.60. The van der Waals surface area contributed by atoms with Gasteiger partial charge in [-0.25, -0.2) is 17.7 Å². The van der Waals surface area contributed by atoms with Crippen molar-refractivity contribution in [2.24, 2.45) is 4.99 Å². The molecule has 0 saturated carbocycles. The Labute approximate surface area is 211 Å². The van der Waals surface area contributed by atoms with E-state index in [4.69, 9.17) is 9.73 Å². The maximum absolute atomic E-state index is 14.7. The van der Waals surface area contributed by atoms with Crippen molar-refractivity contribution in [2.45, 2.75) is 42.4 Å². The number of carbonyl (C=O) groups excluding carboxylic acids is 1. The van der Waals surface area contributed by atoms with Crippen molar-refractivity contribution in [3.8, 4) is 0 Å². The average Bonchev–Trinajstić information content (AvgIpc) is 3.32. The Balaban J connectivity index is 1.65. The monoisotopic (exact) mass is 498 g/mol. The number of fused-ring (bicyclic) bond motifs is 5. The fourth-order valence-corrected chi connectivity index (χ4v) is 7.58. The van der Waals surface area contributed by atoms with Crippen LogP contribution in [0.15, 0.2) is 94.8 Å². The van der Waals surface area contributed by atoms with Crippen LogP contribution in [0.3, 0.4) is 0 Å². The van der Waals surface area contributed by atoms with Gasteiger partial charge in [0.2, 0.25) is 5.90 Å². The third kappa shape index (κ3) is 2.75. The average molecular weight is 499 g/mol. The lowest BCUT2D eigenvalue weighted by atomic mass is 9.53. The highest BCUT2D eigenvalue weighted by Gasteiger charge is 2.69. The van der Waals surface area contributed by atoms with Crippen LogP contribution in [0.1, 0.15) is 36.5 Å². The van der Waals surface area contributed by atoms with Gasteiger partial charge in [-0.05, 0) is 62.1 Å². The van der Waals surface area contributed by atoms with Crippen LogP contribution in [0, 0.1) is 6.92 Å². The van der Waals surface area contributed by atoms with E-state index in [1.54, 1.807) is 36.4 Å². The number of hydrogen-bond acceptors (Lipinski definition) is 5. The van der Waals surface area contributed by atoms with Crippen LogP contribution >= 0.6 is 0 Å². The lowest BCUT2D eigenvalue weighted by molar-refractivity contribution is -0.124. The van der Waals surface area contributed by atoms with Crippen LogP contribution in [0.25, 0.3) is 0 Å². The van der Waals surface area contributed by atoms with Gasteiger partial charge in [-0.1, -0.05) is 66.2 Å². The van der Waals surface area contributed by atoms with Gasteiger partial charge in [-0.15, -0.1) is 0 Å². The maximum atomic E-state index is 14.7. The van der Waals surface area contributed by atoms with E-state index in [0.717, 1.165) is 21.1 Å². The van der Waals surface area contributed by atoms with Crippen molar-refractivity contribution in [1.29, 1.82) is 0 Å². The molecule has 2 spiro atoms. The second-order valence-corrected chi connectivity index (χ2v) is 11.2. The van der Waals surface area contributed by atoms with Crippen molar-refractivity contribution in [3.63, 3.8) is 0 Å². The number of para-hydroxylation sites is 2. The Morgan fingerprint density at radius 3 is 2.25 bits per heavy atom. The molecule has 0 bridgehead atoms. The predicted molar refractivity (Wildman–Crippen MR) is 139 cm³/mol. The first-order valence-electron chi connectivity index (χ1n) is 12.1. The number of aryl methyl sites for hydroxylation is 1. The summed E-state index contributed by atoms with van der Waals surface area (Å²) in [5, 5.41) is 0. The van der Waals surface area contributed by atoms with Gasteiger partial charge in [-0.2, -0.15) is 0 Å². The zero-order valence-corrected chi connectivity index (χ0v) is 21.0. The second kappa shape index (κ2) is 7.90. The summed E-state index contributed by atoms with van der Waals surface area (Å²) in [5.41, 5.74) is 1.46. The van der Waals surface area contributed by atoms with E-state index in [2.05, 4.69) is 6.08 Å². The first kappa shape index (κ1) is 22.7. The van der Waals surface area contributed by atoms with Crippen molar-refractivity contribution >= 4 is 33.2 Å². The minimum atomic E-state index is -4.17. The number of allylic oxidation sites excluding steroid dienone is 2. The van der Waals surface area contributed by atoms with Gasteiger partial charge >= 0.3 is 0 Å². The van der Waals surface area contributed by atoms with E-state index in [1.807, 2.05) is 56.3 Å². The third-order valence-electron chi connectivity index (χ3n) is 7.67. The number of nitrogens with zero attached hydrogens (tertiary/aromatic N) is 2. The number of carbonyl (C=O) groups is 1. The Morgan fingerprint density at radius 2 is 1.53 bits per heavy atom. The van der Waals surface area contributed by atoms with Crippen molar-refractivity contribution in [1.82, 2.24) is 0 Å². The van der Waals surface area contributed by atoms with E-state index in [-0.39, 0.29) is 4.90 Å². The molecule has 2 aliphatic heterocycles. The van der Waals surface area contributed by atoms with Gasteiger partial charge in [-0.3, -0.25) is 4.79 Å². The highest BCUT2D eigenvalue weighted by atomic mass is 32.2. The summed E-state index contributed by atoms with van der Waals surface area (Å²) < 4.78 is 35.2. The molecule has 0 unspecified atom stereocenters. The molecule has 1 aliphatic carbocycles. The molecule has 0 fully saturated rings. The Bertz CT molecular complexity index is 1560. The standard InChI is InChI=1S/C29H26N2O4S/c1-3-35-26-28(22-10-4-6-12-24(22)30-26)18-8-9-19-29(28)23-11-5-7-13-25(23)31(27(29)32)36(33,34)21-16-14-20(2)15-17-21/h4-17H,3,18-19H2,1-2H3/t28-,29-/m0/s1. The Morgan fingerprint density at radius 1 is 0.889 bits per heavy atom. The largest absolute Gasteiger partial charge is 0.480 e. The number of sulfonamides is 1. The smallest absolute Gasteiger partial charge is 0.270 e. The third-order valence-corrected chi connectivity index (χ3v) is 9.38. The van der Waals surface area contributed by atoms with Crippen LogP contribution in [-0.2, 0) is 30.4 Å². The molecule has 1 amide bonds. The number of anilines is 1. The topological polar surface area (TPSA) is 76.0 Å². The number of rotatable bonds is 3. The molecule has 0 saturated heterocycles. The molecule has 7 heteroatoms. The quantitative estimate of drug-likeness (QED) is 0.457. The minimum Gasteiger partial charge on any atom is -0.480 e. The number of ether oxygens (including phenoxy) is 1. The molecule has 3 aromatic rings. The minimum absolute atomic E-state index is 0.0826. The molecule has 2 heterocycles. The van der Waals surface area contributed by atoms with Gasteiger partial charge in [0, 0.05) is 0 Å². The highest BCUT2D eigenvalue weighted by molar-refractivity contribution is 7.93. The summed E-state index contributed by atoms with van der Waals surface area (Å²) in [4.78, 5) is 19.7. The summed E-state index contributed by atoms with van der Waals surface area (Å²) in [6, 6.07) is 21.6. The highest BCUT2D eigenvalue weighted by Crippen LogP contribution is 2.63. The fourth-order valence-electron chi connectivity index (χ4n) is 6.10. The Hall–Kier alpha value is -3.71. The van der Waals surface area contributed by atoms with Gasteiger partial charge in [0.05, 0.1) is 33.7 Å². The molecule has 0 radical (unpaired) electrons. The molecule has 6 rings (SSSR count). The van der Waals surface area contributed by atoms with Gasteiger partial charge in [0.1, 0.15) is 0 Å². The van der Waals surface area contributed by atoms with Crippen LogP contribution in [-0.4, -0.2) is 26.8 Å². The molecule has 6 nitrogen and oxygen atoms in total. The lowest BCUT2D eigenvalue weighted by Gasteiger charge is -2.47. The summed E-state index contributed by atoms with van der Waals surface area (Å²) in [7, 11) is -4.17. The molecule has 0 aromatic heterocycles. The first-order chi connectivity index (χ1) is 17.4. The maximum Gasteiger partial charge on any atom is 0.270 e. The number of benzene rings is 3. The van der Waals surface area contributed by atoms with E-state index >= 15 is 0 Å². The van der Waals surface area contributed by atoms with E-state index in [1.165, 1.54) is 0 Å². The zero-order chi connectivity index (χ0) is 25.1. The normalized spacial score (nSPS) is 24.2. The molecule has 2 atom stereocenters. The summed E-state index contributed by atoms with van der Waals surface area (Å²) in [6.45, 7) is 4.17. The number of amides is 1. The van der Waals surface area contributed by atoms with Crippen LogP contribution in [0.5, 0.6) is 0 Å². The Kier molecular flexibility index (Phi) is 4.99. The molecule has 3 aliphatic rings. The SMILES string of the molecule is CCOC1=Nc2ccccc2[C@@]12CC=CC[C@]21C(=O)N(S(=O)(=O)c2ccc(C)cc2)c2ccccc21. The van der Waals surface area contributed by atoms with Crippen LogP contribution in [0.2, 0.25) is 0 Å². The zero-order valence-electron chi connectivity index (χ0n) is 20.1. The van der Waals surface area contributed by atoms with E-state index in [0.29, 0.717) is 36.6 Å². The predicted octanol–water partition coefficient (Wildman–Crippen LogP) is 5.34. The van der Waals surface area contributed by atoms with Crippen molar-refractivity contribution in [3.05, 3.63) is 102 Å². The molecule has 3 aromatic carbocycles. The molecule has 36 heavy (non-hydrogen) atoms. The molecular formula is C29H26N2O4S. The van der Waals surface area contributed by atoms with Gasteiger partial charge in [0.15, 0.2) is 0 Å². The first-order valence-corrected chi connectivity index (χ1v) is 13.5. The summed E-state index contributed by atoms with van der Waals surface area (Å²) >= 11 is 0. The second-order valence-electron chi connectivity index (χ2n) is 9.46. The number of aliphatic imine (C=N–C) groups is 1.